The number of hydrogen-bond acceptors (Lipinski definition) is 5. The molecule has 0 bridgehead atoms. The molecular weight excluding hydrogens is 378 g/mol. The van der Waals surface area contributed by atoms with E-state index in [1.807, 2.05) is 24.3 Å². The van der Waals surface area contributed by atoms with Crippen LogP contribution in [0.25, 0.3) is 0 Å². The summed E-state index contributed by atoms with van der Waals surface area (Å²) in [4.78, 5) is 4.45. The SMILES string of the molecule is Cc1ccc(Nc2cnnc(NCCCc3ccccc3)n2)cc1Br. The lowest BCUT2D eigenvalue weighted by atomic mass is 10.1. The summed E-state index contributed by atoms with van der Waals surface area (Å²) in [6.07, 6.45) is 3.65. The number of benzene rings is 2. The van der Waals surface area contributed by atoms with Crippen LogP contribution in [0.5, 0.6) is 0 Å². The lowest BCUT2D eigenvalue weighted by molar-refractivity contribution is 0.843. The molecule has 128 valence electrons. The second kappa shape index (κ2) is 8.58. The first kappa shape index (κ1) is 17.4. The predicted octanol–water partition coefficient (Wildman–Crippen LogP) is 4.73. The van der Waals surface area contributed by atoms with Gasteiger partial charge >= 0.3 is 0 Å². The number of aromatic nitrogens is 3. The van der Waals surface area contributed by atoms with Crippen molar-refractivity contribution in [2.75, 3.05) is 17.2 Å². The van der Waals surface area contributed by atoms with Gasteiger partial charge in [0.25, 0.3) is 0 Å². The zero-order valence-electron chi connectivity index (χ0n) is 14.0. The van der Waals surface area contributed by atoms with E-state index in [-0.39, 0.29) is 0 Å². The lowest BCUT2D eigenvalue weighted by Gasteiger charge is -2.09. The summed E-state index contributed by atoms with van der Waals surface area (Å²) < 4.78 is 1.05. The maximum atomic E-state index is 4.45. The molecule has 1 aromatic heterocycles. The number of aryl methyl sites for hydroxylation is 2. The molecule has 0 spiro atoms. The maximum absolute atomic E-state index is 4.45. The minimum Gasteiger partial charge on any atom is -0.353 e. The summed E-state index contributed by atoms with van der Waals surface area (Å²) in [5.74, 6) is 1.19. The smallest absolute Gasteiger partial charge is 0.244 e. The van der Waals surface area contributed by atoms with Crippen molar-refractivity contribution in [3.05, 3.63) is 70.3 Å². The number of nitrogens with one attached hydrogen (secondary N) is 2. The molecule has 1 heterocycles. The van der Waals surface area contributed by atoms with Crippen molar-refractivity contribution in [3.8, 4) is 0 Å². The van der Waals surface area contributed by atoms with Crippen LogP contribution >= 0.6 is 15.9 Å². The summed E-state index contributed by atoms with van der Waals surface area (Å²) >= 11 is 3.53. The molecule has 6 heteroatoms. The van der Waals surface area contributed by atoms with Gasteiger partial charge in [0, 0.05) is 16.7 Å². The molecule has 0 atom stereocenters. The Morgan fingerprint density at radius 1 is 1.08 bits per heavy atom. The molecule has 0 fully saturated rings. The third kappa shape index (κ3) is 5.26. The molecule has 0 aliphatic heterocycles. The summed E-state index contributed by atoms with van der Waals surface area (Å²) in [5, 5.41) is 14.5. The molecule has 5 nitrogen and oxygen atoms in total. The number of hydrogen-bond donors (Lipinski definition) is 2. The van der Waals surface area contributed by atoms with Crippen LogP contribution < -0.4 is 10.6 Å². The Hall–Kier alpha value is -2.47. The van der Waals surface area contributed by atoms with Gasteiger partial charge in [0.05, 0.1) is 6.20 Å². The average Bonchev–Trinajstić information content (AvgIpc) is 2.63. The lowest BCUT2D eigenvalue weighted by Crippen LogP contribution is -2.08. The Morgan fingerprint density at radius 2 is 1.92 bits per heavy atom. The van der Waals surface area contributed by atoms with Crippen LogP contribution in [0, 0.1) is 6.92 Å². The standard InChI is InChI=1S/C19H20BrN5/c1-14-9-10-16(12-17(14)20)23-18-13-22-25-19(24-18)21-11-5-8-15-6-3-2-4-7-15/h2-4,6-7,9-10,12-13H,5,8,11H2,1H3,(H2,21,23,24,25). The molecule has 2 aromatic carbocycles. The van der Waals surface area contributed by atoms with Gasteiger partial charge in [0.15, 0.2) is 5.82 Å². The Balaban J connectivity index is 1.53. The number of rotatable bonds is 7. The summed E-state index contributed by atoms with van der Waals surface area (Å²) in [5.41, 5.74) is 3.48. The van der Waals surface area contributed by atoms with Crippen LogP contribution in [0.3, 0.4) is 0 Å². The molecule has 3 aromatic rings. The molecule has 0 radical (unpaired) electrons. The molecule has 0 saturated carbocycles. The first-order valence-corrected chi connectivity index (χ1v) is 9.01. The van der Waals surface area contributed by atoms with Crippen LogP contribution in [0.1, 0.15) is 17.5 Å². The normalized spacial score (nSPS) is 10.5. The largest absolute Gasteiger partial charge is 0.353 e. The molecular formula is C19H20BrN5. The summed E-state index contributed by atoms with van der Waals surface area (Å²) in [6, 6.07) is 16.5. The van der Waals surface area contributed by atoms with Gasteiger partial charge in [-0.3, -0.25) is 0 Å². The minimum absolute atomic E-state index is 0.532. The molecule has 2 N–H and O–H groups in total. The van der Waals surface area contributed by atoms with Gasteiger partial charge < -0.3 is 10.6 Å². The van der Waals surface area contributed by atoms with Gasteiger partial charge in [0.1, 0.15) is 0 Å². The van der Waals surface area contributed by atoms with Crippen molar-refractivity contribution < 1.29 is 0 Å². The first-order chi connectivity index (χ1) is 12.2. The van der Waals surface area contributed by atoms with E-state index in [4.69, 9.17) is 0 Å². The van der Waals surface area contributed by atoms with Crippen molar-refractivity contribution in [2.24, 2.45) is 0 Å². The van der Waals surface area contributed by atoms with Gasteiger partial charge in [-0.2, -0.15) is 10.1 Å². The van der Waals surface area contributed by atoms with Gasteiger partial charge in [-0.05, 0) is 43.0 Å². The fourth-order valence-corrected chi connectivity index (χ4v) is 2.77. The van der Waals surface area contributed by atoms with Crippen molar-refractivity contribution in [2.45, 2.75) is 19.8 Å². The van der Waals surface area contributed by atoms with E-state index in [1.54, 1.807) is 6.20 Å². The molecule has 3 rings (SSSR count). The Morgan fingerprint density at radius 3 is 2.72 bits per heavy atom. The molecule has 0 saturated heterocycles. The zero-order chi connectivity index (χ0) is 17.5. The van der Waals surface area contributed by atoms with Gasteiger partial charge in [-0.15, -0.1) is 5.10 Å². The maximum Gasteiger partial charge on any atom is 0.244 e. The highest BCUT2D eigenvalue weighted by molar-refractivity contribution is 9.10. The molecule has 0 aliphatic rings. The fourth-order valence-electron chi connectivity index (χ4n) is 2.39. The van der Waals surface area contributed by atoms with Crippen LogP contribution in [0.4, 0.5) is 17.5 Å². The third-order valence-electron chi connectivity index (χ3n) is 3.77. The Kier molecular flexibility index (Phi) is 5.95. The van der Waals surface area contributed by atoms with Gasteiger partial charge in [-0.25, -0.2) is 0 Å². The van der Waals surface area contributed by atoms with Crippen molar-refractivity contribution in [3.63, 3.8) is 0 Å². The fraction of sp³-hybridized carbons (Fsp3) is 0.211. The van der Waals surface area contributed by atoms with Crippen molar-refractivity contribution in [1.29, 1.82) is 0 Å². The van der Waals surface area contributed by atoms with E-state index >= 15 is 0 Å². The minimum atomic E-state index is 0.532. The van der Waals surface area contributed by atoms with E-state index in [9.17, 15) is 0 Å². The highest BCUT2D eigenvalue weighted by atomic mass is 79.9. The topological polar surface area (TPSA) is 62.7 Å². The second-order valence-electron chi connectivity index (χ2n) is 5.77. The second-order valence-corrected chi connectivity index (χ2v) is 6.62. The first-order valence-electron chi connectivity index (χ1n) is 8.21. The number of anilines is 3. The van der Waals surface area contributed by atoms with Gasteiger partial charge in [0.2, 0.25) is 5.95 Å². The van der Waals surface area contributed by atoms with Crippen LogP contribution in [-0.2, 0) is 6.42 Å². The van der Waals surface area contributed by atoms with Crippen molar-refractivity contribution >= 4 is 33.4 Å². The Bertz CT molecular complexity index is 823. The molecule has 25 heavy (non-hydrogen) atoms. The Labute approximate surface area is 156 Å². The zero-order valence-corrected chi connectivity index (χ0v) is 15.6. The van der Waals surface area contributed by atoms with E-state index in [1.165, 1.54) is 11.1 Å². The van der Waals surface area contributed by atoms with E-state index in [2.05, 4.69) is 72.9 Å². The number of halogens is 1. The molecule has 0 aliphatic carbocycles. The van der Waals surface area contributed by atoms with E-state index in [0.29, 0.717) is 11.8 Å². The summed E-state index contributed by atoms with van der Waals surface area (Å²) in [6.45, 7) is 2.85. The monoisotopic (exact) mass is 397 g/mol. The van der Waals surface area contributed by atoms with Gasteiger partial charge in [-0.1, -0.05) is 52.3 Å². The molecule has 0 unspecified atom stereocenters. The molecule has 0 amide bonds. The quantitative estimate of drug-likeness (QED) is 0.564. The highest BCUT2D eigenvalue weighted by Gasteiger charge is 2.03. The number of nitrogens with zero attached hydrogens (tertiary/aromatic N) is 3. The van der Waals surface area contributed by atoms with Crippen molar-refractivity contribution in [1.82, 2.24) is 15.2 Å². The van der Waals surface area contributed by atoms with E-state index < -0.39 is 0 Å². The predicted molar refractivity (Wildman–Crippen MR) is 105 cm³/mol. The summed E-state index contributed by atoms with van der Waals surface area (Å²) in [7, 11) is 0. The van der Waals surface area contributed by atoms with Crippen LogP contribution in [-0.4, -0.2) is 21.7 Å². The highest BCUT2D eigenvalue weighted by Crippen LogP contribution is 2.22. The average molecular weight is 398 g/mol. The third-order valence-corrected chi connectivity index (χ3v) is 4.63. The van der Waals surface area contributed by atoms with E-state index in [0.717, 1.165) is 29.5 Å². The van der Waals surface area contributed by atoms with Crippen LogP contribution in [0.2, 0.25) is 0 Å². The van der Waals surface area contributed by atoms with Crippen LogP contribution in [0.15, 0.2) is 59.2 Å².